The fraction of sp³-hybridized carbons (Fsp3) is 0.200. The maximum absolute atomic E-state index is 6.05. The molecule has 0 saturated heterocycles. The highest BCUT2D eigenvalue weighted by Crippen LogP contribution is 2.29. The highest BCUT2D eigenvalue weighted by Gasteiger charge is 2.11. The van der Waals surface area contributed by atoms with Gasteiger partial charge in [-0.3, -0.25) is 4.99 Å². The van der Waals surface area contributed by atoms with Gasteiger partial charge in [-0.2, -0.15) is 0 Å². The van der Waals surface area contributed by atoms with Crippen LogP contribution in [0.3, 0.4) is 0 Å². The molecule has 1 aromatic heterocycles. The van der Waals surface area contributed by atoms with Crippen molar-refractivity contribution < 1.29 is 4.42 Å². The number of hydrogen-bond acceptors (Lipinski definition) is 3. The molecule has 0 aliphatic heterocycles. The molecule has 3 nitrogen and oxygen atoms in total. The topological polar surface area (TPSA) is 38.4 Å². The van der Waals surface area contributed by atoms with E-state index < -0.39 is 0 Å². The van der Waals surface area contributed by atoms with Gasteiger partial charge in [0.15, 0.2) is 5.58 Å². The van der Waals surface area contributed by atoms with Crippen molar-refractivity contribution in [3.8, 4) is 11.5 Å². The Morgan fingerprint density at radius 1 is 1.00 bits per heavy atom. The number of aliphatic imine (C=N–C) groups is 1. The fourth-order valence-corrected chi connectivity index (χ4v) is 3.71. The Morgan fingerprint density at radius 2 is 1.80 bits per heavy atom. The van der Waals surface area contributed by atoms with Crippen LogP contribution in [-0.2, 0) is 0 Å². The molecule has 30 heavy (non-hydrogen) atoms. The Labute approximate surface area is 186 Å². The van der Waals surface area contributed by atoms with Crippen molar-refractivity contribution in [3.63, 3.8) is 0 Å². The minimum Gasteiger partial charge on any atom is -0.436 e. The summed E-state index contributed by atoms with van der Waals surface area (Å²) in [6.07, 6.45) is 4.10. The van der Waals surface area contributed by atoms with E-state index in [1.165, 1.54) is 18.4 Å². The van der Waals surface area contributed by atoms with Crippen LogP contribution < -0.4 is 0 Å². The van der Waals surface area contributed by atoms with Gasteiger partial charge in [-0.15, -0.1) is 0 Å². The second kappa shape index (κ2) is 9.03. The normalized spacial score (nSPS) is 12.7. The Morgan fingerprint density at radius 3 is 2.53 bits per heavy atom. The number of aromatic nitrogens is 1. The molecule has 5 heteroatoms. The maximum atomic E-state index is 6.05. The first-order chi connectivity index (χ1) is 14.5. The first kappa shape index (κ1) is 20.6. The van der Waals surface area contributed by atoms with E-state index in [2.05, 4.69) is 31.0 Å². The van der Waals surface area contributed by atoms with E-state index in [4.69, 9.17) is 32.6 Å². The summed E-state index contributed by atoms with van der Waals surface area (Å²) in [4.78, 5) is 9.19. The van der Waals surface area contributed by atoms with Gasteiger partial charge >= 0.3 is 0 Å². The molecule has 0 radical (unpaired) electrons. The molecule has 0 N–H and O–H groups in total. The monoisotopic (exact) mass is 436 g/mol. The van der Waals surface area contributed by atoms with Crippen molar-refractivity contribution in [2.45, 2.75) is 32.6 Å². The summed E-state index contributed by atoms with van der Waals surface area (Å²) in [5.74, 6) is 1.14. The maximum Gasteiger partial charge on any atom is 0.227 e. The van der Waals surface area contributed by atoms with Crippen LogP contribution >= 0.6 is 23.2 Å². The van der Waals surface area contributed by atoms with Gasteiger partial charge in [0.25, 0.3) is 0 Å². The van der Waals surface area contributed by atoms with Crippen molar-refractivity contribution in [1.82, 2.24) is 4.98 Å². The van der Waals surface area contributed by atoms with Crippen LogP contribution in [-0.4, -0.2) is 11.2 Å². The van der Waals surface area contributed by atoms with Crippen LogP contribution in [0.4, 0.5) is 5.69 Å². The number of halogens is 2. The average Bonchev–Trinajstić information content (AvgIpc) is 3.18. The van der Waals surface area contributed by atoms with Crippen LogP contribution in [0, 0.1) is 0 Å². The number of fused-ring (bicyclic) bond motifs is 1. The quantitative estimate of drug-likeness (QED) is 0.284. The molecule has 0 bridgehead atoms. The summed E-state index contributed by atoms with van der Waals surface area (Å²) in [6, 6.07) is 19.5. The molecule has 0 amide bonds. The van der Waals surface area contributed by atoms with Crippen LogP contribution in [0.25, 0.3) is 22.6 Å². The molecule has 0 aliphatic carbocycles. The Bertz CT molecular complexity index is 1200. The summed E-state index contributed by atoms with van der Waals surface area (Å²) < 4.78 is 5.97. The molecular weight excluding hydrogens is 415 g/mol. The third kappa shape index (κ3) is 4.58. The molecule has 152 valence electrons. The summed E-state index contributed by atoms with van der Waals surface area (Å²) in [6.45, 7) is 4.46. The van der Waals surface area contributed by atoms with Crippen LogP contribution in [0.1, 0.15) is 43.7 Å². The Kier molecular flexibility index (Phi) is 6.21. The number of oxazole rings is 1. The predicted octanol–water partition coefficient (Wildman–Crippen LogP) is 8.46. The first-order valence-electron chi connectivity index (χ1n) is 10.0. The first-order valence-corrected chi connectivity index (χ1v) is 10.8. The molecule has 0 unspecified atom stereocenters. The van der Waals surface area contributed by atoms with Gasteiger partial charge in [-0.25, -0.2) is 4.98 Å². The van der Waals surface area contributed by atoms with E-state index in [0.29, 0.717) is 21.9 Å². The molecule has 0 fully saturated rings. The molecule has 3 aromatic carbocycles. The molecule has 0 saturated carbocycles. The SMILES string of the molecule is CCC[C@@H](C)c1ccc2oc(-c3ccc(N=Cc4ccc(Cl)c(Cl)c4)cc3)nc2c1. The van der Waals surface area contributed by atoms with Gasteiger partial charge in [0.05, 0.1) is 15.7 Å². The van der Waals surface area contributed by atoms with Gasteiger partial charge in [0.1, 0.15) is 5.52 Å². The average molecular weight is 437 g/mol. The van der Waals surface area contributed by atoms with Gasteiger partial charge < -0.3 is 4.42 Å². The Hall–Kier alpha value is -2.62. The zero-order valence-electron chi connectivity index (χ0n) is 16.9. The lowest BCUT2D eigenvalue weighted by Gasteiger charge is -2.09. The molecule has 4 aromatic rings. The molecule has 1 atom stereocenters. The lowest BCUT2D eigenvalue weighted by molar-refractivity contribution is 0.619. The largest absolute Gasteiger partial charge is 0.436 e. The number of benzene rings is 3. The summed E-state index contributed by atoms with van der Waals surface area (Å²) >= 11 is 12.0. The molecule has 0 spiro atoms. The summed E-state index contributed by atoms with van der Waals surface area (Å²) in [5, 5.41) is 1.04. The number of nitrogens with zero attached hydrogens (tertiary/aromatic N) is 2. The Balaban J connectivity index is 1.53. The highest BCUT2D eigenvalue weighted by molar-refractivity contribution is 6.42. The van der Waals surface area contributed by atoms with Crippen LogP contribution in [0.5, 0.6) is 0 Å². The van der Waals surface area contributed by atoms with E-state index >= 15 is 0 Å². The molecule has 4 rings (SSSR count). The number of hydrogen-bond donors (Lipinski definition) is 0. The summed E-state index contributed by atoms with van der Waals surface area (Å²) in [5.41, 5.74) is 5.64. The minimum absolute atomic E-state index is 0.513. The molecule has 0 aliphatic rings. The predicted molar refractivity (Wildman–Crippen MR) is 126 cm³/mol. The molecule has 1 heterocycles. The zero-order chi connectivity index (χ0) is 21.1. The van der Waals surface area contributed by atoms with E-state index in [1.54, 1.807) is 18.3 Å². The summed E-state index contributed by atoms with van der Waals surface area (Å²) in [7, 11) is 0. The van der Waals surface area contributed by atoms with Gasteiger partial charge in [-0.05, 0) is 72.0 Å². The van der Waals surface area contributed by atoms with Gasteiger partial charge in [0.2, 0.25) is 5.89 Å². The zero-order valence-corrected chi connectivity index (χ0v) is 18.4. The third-order valence-electron chi connectivity index (χ3n) is 5.12. The van der Waals surface area contributed by atoms with Crippen molar-refractivity contribution in [2.24, 2.45) is 4.99 Å². The van der Waals surface area contributed by atoms with Crippen molar-refractivity contribution in [2.75, 3.05) is 0 Å². The second-order valence-electron chi connectivity index (χ2n) is 7.41. The van der Waals surface area contributed by atoms with Crippen molar-refractivity contribution >= 4 is 46.2 Å². The standard InChI is InChI=1S/C25H22Cl2N2O/c1-3-4-16(2)19-8-12-24-23(14-19)29-25(30-24)18-6-9-20(10-7-18)28-15-17-5-11-21(26)22(27)13-17/h5-16H,3-4H2,1-2H3/t16-/m1/s1. The van der Waals surface area contributed by atoms with Crippen molar-refractivity contribution in [3.05, 3.63) is 81.8 Å². The minimum atomic E-state index is 0.513. The van der Waals surface area contributed by atoms with E-state index in [1.807, 2.05) is 36.4 Å². The van der Waals surface area contributed by atoms with E-state index in [9.17, 15) is 0 Å². The third-order valence-corrected chi connectivity index (χ3v) is 5.86. The smallest absolute Gasteiger partial charge is 0.227 e. The lowest BCUT2D eigenvalue weighted by atomic mass is 9.96. The van der Waals surface area contributed by atoms with Gasteiger partial charge in [-0.1, -0.05) is 55.6 Å². The fourth-order valence-electron chi connectivity index (χ4n) is 3.41. The highest BCUT2D eigenvalue weighted by atomic mass is 35.5. The lowest BCUT2D eigenvalue weighted by Crippen LogP contribution is -1.92. The molecular formula is C25H22Cl2N2O. The van der Waals surface area contributed by atoms with Crippen LogP contribution in [0.2, 0.25) is 10.0 Å². The van der Waals surface area contributed by atoms with E-state index in [0.717, 1.165) is 27.9 Å². The number of rotatable bonds is 6. The van der Waals surface area contributed by atoms with Crippen molar-refractivity contribution in [1.29, 1.82) is 0 Å². The second-order valence-corrected chi connectivity index (χ2v) is 8.23. The van der Waals surface area contributed by atoms with E-state index in [-0.39, 0.29) is 0 Å². The van der Waals surface area contributed by atoms with Gasteiger partial charge in [0, 0.05) is 11.8 Å². The van der Waals surface area contributed by atoms with Crippen LogP contribution in [0.15, 0.2) is 70.1 Å².